The monoisotopic (exact) mass is 584 g/mol. The van der Waals surface area contributed by atoms with Gasteiger partial charge in [0.05, 0.1) is 16.1 Å². The van der Waals surface area contributed by atoms with Gasteiger partial charge in [-0.2, -0.15) is 13.2 Å². The van der Waals surface area contributed by atoms with Crippen molar-refractivity contribution in [3.63, 3.8) is 0 Å². The summed E-state index contributed by atoms with van der Waals surface area (Å²) in [5.74, 6) is -1.17. The minimum Gasteiger partial charge on any atom is -0.352 e. The van der Waals surface area contributed by atoms with Gasteiger partial charge in [-0.15, -0.1) is 0 Å². The molecule has 41 heavy (non-hydrogen) atoms. The van der Waals surface area contributed by atoms with Gasteiger partial charge in [-0.25, -0.2) is 0 Å². The average molecular weight is 585 g/mol. The topological polar surface area (TPSA) is 92.2 Å². The van der Waals surface area contributed by atoms with E-state index in [4.69, 9.17) is 11.6 Å². The molecule has 4 rings (SSSR count). The highest BCUT2D eigenvalue weighted by atomic mass is 35.5. The first-order valence-electron chi connectivity index (χ1n) is 12.7. The van der Waals surface area contributed by atoms with E-state index in [9.17, 15) is 27.6 Å². The van der Waals surface area contributed by atoms with Crippen molar-refractivity contribution < 1.29 is 27.6 Å². The summed E-state index contributed by atoms with van der Waals surface area (Å²) in [5.41, 5.74) is 1.98. The molecule has 0 saturated heterocycles. The van der Waals surface area contributed by atoms with E-state index in [2.05, 4.69) is 16.0 Å². The SMILES string of the molecule is CC(C)C(=O)NCc1ccc(Cl)c(C(=O)Nc2ccc3c(c2)cc(C(=O)NCc2cccc(C(F)(F)F)c2)n3C)c1. The maximum Gasteiger partial charge on any atom is 0.416 e. The molecule has 3 amide bonds. The van der Waals surface area contributed by atoms with Crippen LogP contribution in [0.3, 0.4) is 0 Å². The summed E-state index contributed by atoms with van der Waals surface area (Å²) in [6.07, 6.45) is -4.47. The Bertz CT molecular complexity index is 1630. The van der Waals surface area contributed by atoms with Crippen LogP contribution in [0.2, 0.25) is 5.02 Å². The Morgan fingerprint density at radius 1 is 0.878 bits per heavy atom. The molecule has 1 aromatic heterocycles. The molecule has 3 aromatic carbocycles. The summed E-state index contributed by atoms with van der Waals surface area (Å²) in [5, 5.41) is 9.20. The van der Waals surface area contributed by atoms with Gasteiger partial charge in [0.25, 0.3) is 11.8 Å². The molecule has 11 heteroatoms. The number of nitrogens with one attached hydrogen (secondary N) is 3. The Labute approximate surface area is 239 Å². The van der Waals surface area contributed by atoms with Gasteiger partial charge in [0.1, 0.15) is 5.69 Å². The number of nitrogens with zero attached hydrogens (tertiary/aromatic N) is 1. The standard InChI is InChI=1S/C30H28ClF3N4O3/c1-17(2)27(39)35-16-19-7-9-24(31)23(12-19)28(40)37-22-8-10-25-20(13-22)14-26(38(25)3)29(41)36-15-18-5-4-6-21(11-18)30(32,33)34/h4-14,17H,15-16H2,1-3H3,(H,35,39)(H,36,41)(H,37,40). The third kappa shape index (κ3) is 7.07. The fraction of sp³-hybridized carbons (Fsp3) is 0.233. The Hall–Kier alpha value is -4.31. The summed E-state index contributed by atoms with van der Waals surface area (Å²) in [4.78, 5) is 37.8. The van der Waals surface area contributed by atoms with Crippen molar-refractivity contribution >= 4 is 45.9 Å². The number of carbonyl (C=O) groups is 3. The molecule has 0 aliphatic rings. The number of alkyl halides is 3. The number of rotatable bonds is 8. The van der Waals surface area contributed by atoms with E-state index < -0.39 is 23.6 Å². The predicted molar refractivity (Wildman–Crippen MR) is 152 cm³/mol. The zero-order valence-corrected chi connectivity index (χ0v) is 23.3. The number of aromatic nitrogens is 1. The number of hydrogen-bond acceptors (Lipinski definition) is 3. The number of anilines is 1. The molecular weight excluding hydrogens is 557 g/mol. The zero-order chi connectivity index (χ0) is 29.9. The largest absolute Gasteiger partial charge is 0.416 e. The molecule has 214 valence electrons. The Balaban J connectivity index is 1.47. The van der Waals surface area contributed by atoms with Crippen LogP contribution in [-0.4, -0.2) is 22.3 Å². The van der Waals surface area contributed by atoms with E-state index in [-0.39, 0.29) is 35.5 Å². The summed E-state index contributed by atoms with van der Waals surface area (Å²) >= 11 is 6.28. The number of carbonyl (C=O) groups excluding carboxylic acids is 3. The van der Waals surface area contributed by atoms with E-state index in [0.29, 0.717) is 33.4 Å². The van der Waals surface area contributed by atoms with Gasteiger partial charge in [-0.05, 0) is 59.7 Å². The number of amides is 3. The molecule has 0 unspecified atom stereocenters. The average Bonchev–Trinajstić information content (AvgIpc) is 3.26. The molecular formula is C30H28ClF3N4O3. The Kier molecular flexibility index (Phi) is 8.72. The summed E-state index contributed by atoms with van der Waals surface area (Å²) in [6, 6.07) is 16.5. The minimum atomic E-state index is -4.47. The number of benzene rings is 3. The lowest BCUT2D eigenvalue weighted by Gasteiger charge is -2.11. The minimum absolute atomic E-state index is 0.0768. The van der Waals surface area contributed by atoms with Gasteiger partial charge < -0.3 is 20.5 Å². The van der Waals surface area contributed by atoms with E-state index in [1.54, 1.807) is 67.9 Å². The number of hydrogen-bond donors (Lipinski definition) is 3. The van der Waals surface area contributed by atoms with E-state index in [1.807, 2.05) is 0 Å². The maximum absolute atomic E-state index is 13.0. The van der Waals surface area contributed by atoms with Crippen LogP contribution in [0, 0.1) is 5.92 Å². The fourth-order valence-electron chi connectivity index (χ4n) is 4.22. The molecule has 0 spiro atoms. The lowest BCUT2D eigenvalue weighted by molar-refractivity contribution is -0.137. The first-order chi connectivity index (χ1) is 19.3. The van der Waals surface area contributed by atoms with Crippen molar-refractivity contribution in [2.24, 2.45) is 13.0 Å². The normalized spacial score (nSPS) is 11.5. The summed E-state index contributed by atoms with van der Waals surface area (Å²) in [7, 11) is 1.70. The van der Waals surface area contributed by atoms with Gasteiger partial charge in [-0.3, -0.25) is 14.4 Å². The first kappa shape index (κ1) is 29.7. The molecule has 0 radical (unpaired) electrons. The van der Waals surface area contributed by atoms with Crippen molar-refractivity contribution in [3.05, 3.63) is 99.7 Å². The zero-order valence-electron chi connectivity index (χ0n) is 22.5. The van der Waals surface area contributed by atoms with Crippen molar-refractivity contribution in [2.45, 2.75) is 33.1 Å². The first-order valence-corrected chi connectivity index (χ1v) is 13.1. The molecule has 0 aliphatic heterocycles. The van der Waals surface area contributed by atoms with Crippen molar-refractivity contribution in [3.8, 4) is 0 Å². The molecule has 0 atom stereocenters. The van der Waals surface area contributed by atoms with Gasteiger partial charge >= 0.3 is 6.18 Å². The fourth-order valence-corrected chi connectivity index (χ4v) is 4.43. The van der Waals surface area contributed by atoms with Gasteiger partial charge in [0.2, 0.25) is 5.91 Å². The van der Waals surface area contributed by atoms with Gasteiger partial charge in [-0.1, -0.05) is 43.6 Å². The lowest BCUT2D eigenvalue weighted by Crippen LogP contribution is -2.27. The molecule has 7 nitrogen and oxygen atoms in total. The maximum atomic E-state index is 13.0. The molecule has 3 N–H and O–H groups in total. The van der Waals surface area contributed by atoms with Gasteiger partial charge in [0.15, 0.2) is 0 Å². The second-order valence-corrected chi connectivity index (χ2v) is 10.3. The second-order valence-electron chi connectivity index (χ2n) is 9.88. The highest BCUT2D eigenvalue weighted by Gasteiger charge is 2.30. The van der Waals surface area contributed by atoms with E-state index in [0.717, 1.165) is 12.1 Å². The highest BCUT2D eigenvalue weighted by molar-refractivity contribution is 6.34. The second kappa shape index (κ2) is 12.1. The molecule has 0 bridgehead atoms. The van der Waals surface area contributed by atoms with Crippen LogP contribution in [0.15, 0.2) is 66.7 Å². The van der Waals surface area contributed by atoms with Crippen molar-refractivity contribution in [1.29, 1.82) is 0 Å². The van der Waals surface area contributed by atoms with Gasteiger partial charge in [0, 0.05) is 42.6 Å². The van der Waals surface area contributed by atoms with Crippen molar-refractivity contribution in [1.82, 2.24) is 15.2 Å². The van der Waals surface area contributed by atoms with E-state index >= 15 is 0 Å². The van der Waals surface area contributed by atoms with Crippen LogP contribution < -0.4 is 16.0 Å². The molecule has 1 heterocycles. The van der Waals surface area contributed by atoms with Crippen molar-refractivity contribution in [2.75, 3.05) is 5.32 Å². The predicted octanol–water partition coefficient (Wildman–Crippen LogP) is 6.31. The Morgan fingerprint density at radius 3 is 2.29 bits per heavy atom. The Morgan fingerprint density at radius 2 is 1.59 bits per heavy atom. The lowest BCUT2D eigenvalue weighted by atomic mass is 10.1. The van der Waals surface area contributed by atoms with Crippen LogP contribution in [-0.2, 0) is 31.1 Å². The molecule has 4 aromatic rings. The van der Waals surface area contributed by atoms with E-state index in [1.165, 1.54) is 12.1 Å². The van der Waals surface area contributed by atoms with Crippen LogP contribution in [0.1, 0.15) is 51.4 Å². The molecule has 0 saturated carbocycles. The smallest absolute Gasteiger partial charge is 0.352 e. The summed E-state index contributed by atoms with van der Waals surface area (Å²) < 4.78 is 40.6. The third-order valence-corrected chi connectivity index (χ3v) is 6.84. The molecule has 0 aliphatic carbocycles. The van der Waals surface area contributed by atoms with Crippen LogP contribution in [0.5, 0.6) is 0 Å². The quantitative estimate of drug-likeness (QED) is 0.227. The van der Waals surface area contributed by atoms with Crippen LogP contribution in [0.4, 0.5) is 18.9 Å². The summed E-state index contributed by atoms with van der Waals surface area (Å²) in [6.45, 7) is 3.75. The van der Waals surface area contributed by atoms with Crippen LogP contribution >= 0.6 is 11.6 Å². The highest BCUT2D eigenvalue weighted by Crippen LogP contribution is 2.30. The molecule has 0 fully saturated rings. The number of aryl methyl sites for hydroxylation is 1. The van der Waals surface area contributed by atoms with Crippen LogP contribution in [0.25, 0.3) is 10.9 Å². The number of halogens is 4. The third-order valence-electron chi connectivity index (χ3n) is 6.51. The number of fused-ring (bicyclic) bond motifs is 1.